The summed E-state index contributed by atoms with van der Waals surface area (Å²) in [6.07, 6.45) is 0.871. The van der Waals surface area contributed by atoms with E-state index in [1.165, 1.54) is 16.7 Å². The standard InChI is InChI=1S/C33H26N2O/c34-33(36)29-16-9-17-30-32(29)28-19-18-26(24-12-5-2-6-13-24)21-31(28)35(30)22-27-15-8-7-14-25(27)20-23-10-3-1-4-11-23/h1-19,21H,20,22H2,(H2,34,36). The van der Waals surface area contributed by atoms with Crippen molar-refractivity contribution in [3.05, 3.63) is 144 Å². The topological polar surface area (TPSA) is 48.0 Å². The van der Waals surface area contributed by atoms with E-state index >= 15 is 0 Å². The average Bonchev–Trinajstić information content (AvgIpc) is 3.23. The lowest BCUT2D eigenvalue weighted by molar-refractivity contribution is 0.100. The van der Waals surface area contributed by atoms with Crippen LogP contribution in [-0.4, -0.2) is 10.5 Å². The molecule has 6 rings (SSSR count). The summed E-state index contributed by atoms with van der Waals surface area (Å²) in [5, 5.41) is 1.96. The Bertz CT molecular complexity index is 1700. The summed E-state index contributed by atoms with van der Waals surface area (Å²) in [5.74, 6) is -0.406. The van der Waals surface area contributed by atoms with Gasteiger partial charge in [-0.3, -0.25) is 4.79 Å². The highest BCUT2D eigenvalue weighted by Crippen LogP contribution is 2.35. The van der Waals surface area contributed by atoms with Crippen LogP contribution in [0.5, 0.6) is 0 Å². The molecule has 2 N–H and O–H groups in total. The van der Waals surface area contributed by atoms with Gasteiger partial charge in [-0.25, -0.2) is 0 Å². The number of aromatic nitrogens is 1. The van der Waals surface area contributed by atoms with Gasteiger partial charge in [-0.15, -0.1) is 0 Å². The Morgan fingerprint density at radius 1 is 0.639 bits per heavy atom. The Balaban J connectivity index is 1.55. The van der Waals surface area contributed by atoms with Crippen LogP contribution < -0.4 is 5.73 Å². The van der Waals surface area contributed by atoms with Gasteiger partial charge in [-0.1, -0.05) is 103 Å². The van der Waals surface area contributed by atoms with Crippen LogP contribution in [0.4, 0.5) is 0 Å². The van der Waals surface area contributed by atoms with Gasteiger partial charge in [0.25, 0.3) is 0 Å². The zero-order valence-electron chi connectivity index (χ0n) is 19.9. The van der Waals surface area contributed by atoms with Crippen molar-refractivity contribution in [1.29, 1.82) is 0 Å². The van der Waals surface area contributed by atoms with Crippen molar-refractivity contribution < 1.29 is 4.79 Å². The first-order chi connectivity index (χ1) is 17.7. The molecule has 0 spiro atoms. The van der Waals surface area contributed by atoms with Crippen molar-refractivity contribution in [2.45, 2.75) is 13.0 Å². The summed E-state index contributed by atoms with van der Waals surface area (Å²) in [6, 6.07) is 41.9. The quantitative estimate of drug-likeness (QED) is 0.277. The van der Waals surface area contributed by atoms with E-state index in [2.05, 4.69) is 102 Å². The maximum absolute atomic E-state index is 12.4. The minimum Gasteiger partial charge on any atom is -0.366 e. The number of hydrogen-bond donors (Lipinski definition) is 1. The molecule has 0 radical (unpaired) electrons. The van der Waals surface area contributed by atoms with Crippen LogP contribution in [0.25, 0.3) is 32.9 Å². The van der Waals surface area contributed by atoms with Gasteiger partial charge in [-0.2, -0.15) is 0 Å². The Morgan fingerprint density at radius 3 is 2.08 bits per heavy atom. The Labute approximate surface area is 210 Å². The van der Waals surface area contributed by atoms with Crippen LogP contribution >= 0.6 is 0 Å². The van der Waals surface area contributed by atoms with E-state index in [4.69, 9.17) is 5.73 Å². The number of amides is 1. The fraction of sp³-hybridized carbons (Fsp3) is 0.0606. The highest BCUT2D eigenvalue weighted by Gasteiger charge is 2.18. The van der Waals surface area contributed by atoms with E-state index in [1.807, 2.05) is 24.3 Å². The Kier molecular flexibility index (Phi) is 5.59. The fourth-order valence-electron chi connectivity index (χ4n) is 5.20. The van der Waals surface area contributed by atoms with Crippen molar-refractivity contribution in [2.75, 3.05) is 0 Å². The van der Waals surface area contributed by atoms with E-state index in [-0.39, 0.29) is 0 Å². The predicted octanol–water partition coefficient (Wildman–Crippen LogP) is 7.20. The van der Waals surface area contributed by atoms with Crippen molar-refractivity contribution in [3.8, 4) is 11.1 Å². The SMILES string of the molecule is NC(=O)c1cccc2c1c1ccc(-c3ccccc3)cc1n2Cc1ccccc1Cc1ccccc1. The van der Waals surface area contributed by atoms with E-state index in [0.29, 0.717) is 12.1 Å². The predicted molar refractivity (Wildman–Crippen MR) is 148 cm³/mol. The number of benzene rings is 5. The van der Waals surface area contributed by atoms with Crippen molar-refractivity contribution in [2.24, 2.45) is 5.73 Å². The summed E-state index contributed by atoms with van der Waals surface area (Å²) in [6.45, 7) is 0.698. The highest BCUT2D eigenvalue weighted by atomic mass is 16.1. The molecule has 0 aliphatic rings. The zero-order valence-corrected chi connectivity index (χ0v) is 19.9. The van der Waals surface area contributed by atoms with Gasteiger partial charge in [0.15, 0.2) is 0 Å². The van der Waals surface area contributed by atoms with Gasteiger partial charge in [0, 0.05) is 22.9 Å². The van der Waals surface area contributed by atoms with Gasteiger partial charge in [0.05, 0.1) is 11.0 Å². The second-order valence-corrected chi connectivity index (χ2v) is 9.18. The molecule has 1 aromatic heterocycles. The van der Waals surface area contributed by atoms with Crippen LogP contribution in [-0.2, 0) is 13.0 Å². The van der Waals surface area contributed by atoms with E-state index in [0.717, 1.165) is 39.4 Å². The number of nitrogens with zero attached hydrogens (tertiary/aromatic N) is 1. The molecule has 0 aliphatic carbocycles. The van der Waals surface area contributed by atoms with Crippen LogP contribution in [0, 0.1) is 0 Å². The van der Waals surface area contributed by atoms with Gasteiger partial charge in [0.1, 0.15) is 0 Å². The normalized spacial score (nSPS) is 11.2. The van der Waals surface area contributed by atoms with Crippen molar-refractivity contribution >= 4 is 27.7 Å². The van der Waals surface area contributed by atoms with Gasteiger partial charge in [0.2, 0.25) is 5.91 Å². The summed E-state index contributed by atoms with van der Waals surface area (Å²) < 4.78 is 2.33. The van der Waals surface area contributed by atoms with Crippen LogP contribution in [0.1, 0.15) is 27.0 Å². The number of carbonyl (C=O) groups excluding carboxylic acids is 1. The molecule has 36 heavy (non-hydrogen) atoms. The van der Waals surface area contributed by atoms with Crippen LogP contribution in [0.15, 0.2) is 121 Å². The second kappa shape index (κ2) is 9.20. The van der Waals surface area contributed by atoms with E-state index in [1.54, 1.807) is 0 Å². The minimum absolute atomic E-state index is 0.406. The van der Waals surface area contributed by atoms with Gasteiger partial charge >= 0.3 is 0 Å². The molecular formula is C33H26N2O. The first-order valence-electron chi connectivity index (χ1n) is 12.2. The maximum atomic E-state index is 12.4. The van der Waals surface area contributed by atoms with Crippen LogP contribution in [0.3, 0.4) is 0 Å². The molecule has 0 fully saturated rings. The van der Waals surface area contributed by atoms with E-state index < -0.39 is 5.91 Å². The minimum atomic E-state index is -0.406. The van der Waals surface area contributed by atoms with Crippen LogP contribution in [0.2, 0.25) is 0 Å². The molecule has 174 valence electrons. The zero-order chi connectivity index (χ0) is 24.5. The molecule has 0 aliphatic heterocycles. The summed E-state index contributed by atoms with van der Waals surface area (Å²) in [4.78, 5) is 12.4. The monoisotopic (exact) mass is 466 g/mol. The fourth-order valence-corrected chi connectivity index (χ4v) is 5.20. The second-order valence-electron chi connectivity index (χ2n) is 9.18. The number of fused-ring (bicyclic) bond motifs is 3. The molecule has 1 amide bonds. The van der Waals surface area contributed by atoms with Crippen molar-refractivity contribution in [1.82, 2.24) is 4.57 Å². The molecule has 6 aromatic rings. The highest BCUT2D eigenvalue weighted by molar-refractivity contribution is 6.18. The lowest BCUT2D eigenvalue weighted by atomic mass is 9.99. The smallest absolute Gasteiger partial charge is 0.249 e. The summed E-state index contributed by atoms with van der Waals surface area (Å²) in [7, 11) is 0. The third kappa shape index (κ3) is 3.95. The number of rotatable bonds is 6. The number of hydrogen-bond acceptors (Lipinski definition) is 1. The third-order valence-electron chi connectivity index (χ3n) is 6.95. The molecule has 0 atom stereocenters. The number of nitrogens with two attached hydrogens (primary N) is 1. The van der Waals surface area contributed by atoms with E-state index in [9.17, 15) is 4.79 Å². The molecule has 0 bridgehead atoms. The first kappa shape index (κ1) is 21.9. The maximum Gasteiger partial charge on any atom is 0.249 e. The third-order valence-corrected chi connectivity index (χ3v) is 6.95. The molecule has 3 nitrogen and oxygen atoms in total. The molecule has 0 unspecified atom stereocenters. The first-order valence-corrected chi connectivity index (χ1v) is 12.2. The number of primary amides is 1. The molecule has 0 saturated heterocycles. The summed E-state index contributed by atoms with van der Waals surface area (Å²) in [5.41, 5.74) is 14.6. The molecule has 0 saturated carbocycles. The summed E-state index contributed by atoms with van der Waals surface area (Å²) >= 11 is 0. The molecule has 5 aromatic carbocycles. The Hall–Kier alpha value is -4.63. The van der Waals surface area contributed by atoms with Crippen molar-refractivity contribution in [3.63, 3.8) is 0 Å². The molecule has 1 heterocycles. The largest absolute Gasteiger partial charge is 0.366 e. The lowest BCUT2D eigenvalue weighted by Crippen LogP contribution is -2.11. The average molecular weight is 467 g/mol. The Morgan fingerprint density at radius 2 is 1.33 bits per heavy atom. The lowest BCUT2D eigenvalue weighted by Gasteiger charge is -2.13. The number of carbonyl (C=O) groups is 1. The van der Waals surface area contributed by atoms with Gasteiger partial charge < -0.3 is 10.3 Å². The van der Waals surface area contributed by atoms with Gasteiger partial charge in [-0.05, 0) is 52.4 Å². The molecule has 3 heteroatoms. The molecular weight excluding hydrogens is 440 g/mol.